The number of hydrogen-bond donors (Lipinski definition) is 2. The van der Waals surface area contributed by atoms with Crippen LogP contribution in [0, 0.1) is 0 Å². The molecule has 0 heterocycles. The van der Waals surface area contributed by atoms with Gasteiger partial charge in [0.05, 0.1) is 5.70 Å². The summed E-state index contributed by atoms with van der Waals surface area (Å²) < 4.78 is 0. The van der Waals surface area contributed by atoms with Crippen LogP contribution in [0.5, 0.6) is 0 Å². The van der Waals surface area contributed by atoms with Crippen LogP contribution in [-0.2, 0) is 0 Å². The summed E-state index contributed by atoms with van der Waals surface area (Å²) in [6, 6.07) is 16.4. The van der Waals surface area contributed by atoms with Crippen molar-refractivity contribution in [3.63, 3.8) is 0 Å². The molecule has 1 aliphatic carbocycles. The maximum atomic E-state index is 9.02. The molecule has 1 aliphatic rings. The van der Waals surface area contributed by atoms with Crippen LogP contribution in [0.2, 0.25) is 0 Å². The lowest BCUT2D eigenvalue weighted by atomic mass is 9.93. The molecular weight excluding hydrogens is 246 g/mol. The Morgan fingerprint density at radius 2 is 1.40 bits per heavy atom. The quantitative estimate of drug-likeness (QED) is 0.681. The topological polar surface area (TPSA) is 32.3 Å². The van der Waals surface area contributed by atoms with E-state index < -0.39 is 0 Å². The lowest BCUT2D eigenvalue weighted by Crippen LogP contribution is -2.04. The molecule has 0 unspecified atom stereocenters. The van der Waals surface area contributed by atoms with Gasteiger partial charge in [-0.1, -0.05) is 67.3 Å². The largest absolute Gasteiger partial charge is 0.291 e. The van der Waals surface area contributed by atoms with Gasteiger partial charge in [-0.3, -0.25) is 10.7 Å². The number of hydrogen-bond acceptors (Lipinski definition) is 2. The van der Waals surface area contributed by atoms with Crippen molar-refractivity contribution in [2.24, 2.45) is 0 Å². The van der Waals surface area contributed by atoms with Gasteiger partial charge in [0.25, 0.3) is 0 Å². The Morgan fingerprint density at radius 3 is 1.90 bits per heavy atom. The fourth-order valence-electron chi connectivity index (χ4n) is 2.46. The molecule has 0 atom stereocenters. The molecule has 0 bridgehead atoms. The average Bonchev–Trinajstić information content (AvgIpc) is 2.65. The Labute approximate surface area is 118 Å². The third-order valence-corrected chi connectivity index (χ3v) is 3.41. The number of fused-ring (bicyclic) bond motifs is 2. The Hall–Kier alpha value is -2.58. The van der Waals surface area contributed by atoms with E-state index in [9.17, 15) is 0 Å². The van der Waals surface area contributed by atoms with E-state index >= 15 is 0 Å². The summed E-state index contributed by atoms with van der Waals surface area (Å²) in [5.41, 5.74) is 8.18. The molecule has 2 N–H and O–H groups in total. The maximum absolute atomic E-state index is 9.02. The second-order valence-electron chi connectivity index (χ2n) is 4.70. The summed E-state index contributed by atoms with van der Waals surface area (Å²) in [4.78, 5) is 0. The van der Waals surface area contributed by atoms with Crippen molar-refractivity contribution in [2.75, 3.05) is 0 Å². The molecule has 0 radical (unpaired) electrons. The van der Waals surface area contributed by atoms with Gasteiger partial charge in [-0.25, -0.2) is 0 Å². The predicted molar refractivity (Wildman–Crippen MR) is 83.0 cm³/mol. The van der Waals surface area contributed by atoms with Crippen LogP contribution in [0.15, 0.2) is 66.9 Å². The molecule has 0 amide bonds. The van der Waals surface area contributed by atoms with Gasteiger partial charge in [-0.2, -0.15) is 0 Å². The van der Waals surface area contributed by atoms with Crippen molar-refractivity contribution >= 4 is 17.7 Å². The molecule has 0 aliphatic heterocycles. The van der Waals surface area contributed by atoms with Crippen LogP contribution in [0.25, 0.3) is 17.7 Å². The molecular formula is C18H15NO. The molecule has 20 heavy (non-hydrogen) atoms. The van der Waals surface area contributed by atoms with Crippen molar-refractivity contribution in [1.29, 1.82) is 0 Å². The normalized spacial score (nSPS) is 12.2. The minimum atomic E-state index is 0.464. The predicted octanol–water partition coefficient (Wildman–Crippen LogP) is 4.09. The summed E-state index contributed by atoms with van der Waals surface area (Å²) in [6.45, 7) is 3.79. The van der Waals surface area contributed by atoms with Gasteiger partial charge in [-0.05, 0) is 33.9 Å². The fourth-order valence-corrected chi connectivity index (χ4v) is 2.46. The standard InChI is InChI=1S/C18H15NO/c1-13(19-20)12-18-16-8-4-2-6-14(16)10-11-15-7-3-5-9-17(15)18/h2-12,19-20H,1H2. The van der Waals surface area contributed by atoms with Crippen LogP contribution in [0.1, 0.15) is 22.3 Å². The highest BCUT2D eigenvalue weighted by Crippen LogP contribution is 2.33. The van der Waals surface area contributed by atoms with Gasteiger partial charge < -0.3 is 0 Å². The van der Waals surface area contributed by atoms with E-state index in [1.165, 1.54) is 0 Å². The van der Waals surface area contributed by atoms with Crippen LogP contribution < -0.4 is 5.48 Å². The lowest BCUT2D eigenvalue weighted by Gasteiger charge is -2.12. The summed E-state index contributed by atoms with van der Waals surface area (Å²) in [7, 11) is 0. The van der Waals surface area contributed by atoms with Crippen LogP contribution in [0.3, 0.4) is 0 Å². The zero-order valence-corrected chi connectivity index (χ0v) is 11.0. The summed E-state index contributed by atoms with van der Waals surface area (Å²) in [5, 5.41) is 9.02. The first-order valence-corrected chi connectivity index (χ1v) is 6.47. The molecule has 3 rings (SSSR count). The Bertz CT molecular complexity index is 674. The minimum Gasteiger partial charge on any atom is -0.291 e. The second kappa shape index (κ2) is 5.19. The van der Waals surface area contributed by atoms with Gasteiger partial charge in [0.1, 0.15) is 0 Å². The molecule has 2 heteroatoms. The third-order valence-electron chi connectivity index (χ3n) is 3.41. The molecule has 0 fully saturated rings. The molecule has 0 saturated carbocycles. The number of hydroxylamine groups is 1. The molecule has 0 aromatic heterocycles. The van der Waals surface area contributed by atoms with E-state index in [-0.39, 0.29) is 0 Å². The first-order valence-electron chi connectivity index (χ1n) is 6.47. The van der Waals surface area contributed by atoms with Gasteiger partial charge >= 0.3 is 0 Å². The highest BCUT2D eigenvalue weighted by Gasteiger charge is 2.14. The van der Waals surface area contributed by atoms with E-state index in [0.717, 1.165) is 27.8 Å². The zero-order chi connectivity index (χ0) is 13.9. The SMILES string of the molecule is C=C(C=C1c2ccccc2C=Cc2ccccc21)NO. The third kappa shape index (κ3) is 2.17. The lowest BCUT2D eigenvalue weighted by molar-refractivity contribution is 0.205. The van der Waals surface area contributed by atoms with Gasteiger partial charge in [0.15, 0.2) is 0 Å². The number of benzene rings is 2. The minimum absolute atomic E-state index is 0.464. The van der Waals surface area contributed by atoms with Gasteiger partial charge in [0.2, 0.25) is 0 Å². The first-order chi connectivity index (χ1) is 9.79. The highest BCUT2D eigenvalue weighted by molar-refractivity contribution is 5.94. The summed E-state index contributed by atoms with van der Waals surface area (Å²) >= 11 is 0. The van der Waals surface area contributed by atoms with Crippen LogP contribution in [0.4, 0.5) is 0 Å². The molecule has 98 valence electrons. The second-order valence-corrected chi connectivity index (χ2v) is 4.70. The Balaban J connectivity index is 2.29. The van der Waals surface area contributed by atoms with Crippen LogP contribution in [-0.4, -0.2) is 5.21 Å². The molecule has 2 aromatic carbocycles. The van der Waals surface area contributed by atoms with Crippen LogP contribution >= 0.6 is 0 Å². The van der Waals surface area contributed by atoms with Crippen molar-refractivity contribution in [3.05, 3.63) is 89.1 Å². The van der Waals surface area contributed by atoms with Crippen molar-refractivity contribution in [3.8, 4) is 0 Å². The van der Waals surface area contributed by atoms with Crippen molar-refractivity contribution < 1.29 is 5.21 Å². The van der Waals surface area contributed by atoms with Crippen molar-refractivity contribution in [1.82, 2.24) is 5.48 Å². The fraction of sp³-hybridized carbons (Fsp3) is 0. The van der Waals surface area contributed by atoms with Crippen molar-refractivity contribution in [2.45, 2.75) is 0 Å². The van der Waals surface area contributed by atoms with E-state index in [0.29, 0.717) is 5.70 Å². The summed E-state index contributed by atoms with van der Waals surface area (Å²) in [6.07, 6.45) is 6.10. The zero-order valence-electron chi connectivity index (χ0n) is 11.0. The van der Waals surface area contributed by atoms with Gasteiger partial charge in [0, 0.05) is 0 Å². The van der Waals surface area contributed by atoms with E-state index in [4.69, 9.17) is 5.21 Å². The average molecular weight is 261 g/mol. The van der Waals surface area contributed by atoms with E-state index in [1.54, 1.807) is 0 Å². The summed E-state index contributed by atoms with van der Waals surface area (Å²) in [5.74, 6) is 0. The van der Waals surface area contributed by atoms with E-state index in [1.807, 2.05) is 30.3 Å². The Morgan fingerprint density at radius 1 is 0.900 bits per heavy atom. The molecule has 2 aromatic rings. The van der Waals surface area contributed by atoms with E-state index in [2.05, 4.69) is 48.5 Å². The smallest absolute Gasteiger partial charge is 0.0536 e. The van der Waals surface area contributed by atoms with Gasteiger partial charge in [-0.15, -0.1) is 0 Å². The Kier molecular flexibility index (Phi) is 3.23. The molecule has 0 saturated heterocycles. The highest BCUT2D eigenvalue weighted by atomic mass is 16.5. The number of nitrogens with one attached hydrogen (secondary N) is 1. The molecule has 2 nitrogen and oxygen atoms in total. The maximum Gasteiger partial charge on any atom is 0.0536 e. The molecule has 0 spiro atoms. The number of allylic oxidation sites excluding steroid dienone is 1. The number of rotatable bonds is 2. The first kappa shape index (κ1) is 12.5. The monoisotopic (exact) mass is 261 g/mol.